The summed E-state index contributed by atoms with van der Waals surface area (Å²) in [5.41, 5.74) is -0.448. The van der Waals surface area contributed by atoms with Crippen molar-refractivity contribution in [3.05, 3.63) is 36.0 Å². The second kappa shape index (κ2) is 7.10. The Kier molecular flexibility index (Phi) is 4.35. The lowest BCUT2D eigenvalue weighted by Crippen LogP contribution is -2.71. The molecule has 2 spiro atoms. The molecule has 7 rings (SSSR count). The van der Waals surface area contributed by atoms with Crippen molar-refractivity contribution < 1.29 is 22.7 Å². The van der Waals surface area contributed by atoms with Crippen molar-refractivity contribution in [1.29, 1.82) is 0 Å². The maximum absolute atomic E-state index is 12.9. The molecule has 3 saturated carbocycles. The number of likely N-dealkylation sites (tertiary alicyclic amines) is 2. The van der Waals surface area contributed by atoms with E-state index in [2.05, 4.69) is 15.1 Å². The maximum Gasteiger partial charge on any atom is 0.417 e. The summed E-state index contributed by atoms with van der Waals surface area (Å²) in [4.78, 5) is 25.0. The number of nitrogens with zero attached hydrogens (tertiary/aromatic N) is 6. The molecule has 0 bridgehead atoms. The first-order chi connectivity index (χ1) is 16.7. The van der Waals surface area contributed by atoms with E-state index in [1.54, 1.807) is 0 Å². The molecule has 0 radical (unpaired) electrons. The van der Waals surface area contributed by atoms with Gasteiger partial charge in [0.1, 0.15) is 12.4 Å². The van der Waals surface area contributed by atoms with E-state index in [-0.39, 0.29) is 28.8 Å². The lowest BCUT2D eigenvalue weighted by molar-refractivity contribution is -0.138. The average Bonchev–Trinajstić information content (AvgIpc) is 3.44. The molecule has 35 heavy (non-hydrogen) atoms. The van der Waals surface area contributed by atoms with Crippen LogP contribution in [0.4, 0.5) is 18.0 Å². The smallest absolute Gasteiger partial charge is 0.417 e. The van der Waals surface area contributed by atoms with E-state index in [0.29, 0.717) is 12.0 Å². The number of aromatic nitrogens is 4. The highest BCUT2D eigenvalue weighted by molar-refractivity contribution is 5.77. The van der Waals surface area contributed by atoms with Crippen molar-refractivity contribution in [2.24, 2.45) is 10.8 Å². The molecule has 0 atom stereocenters. The highest BCUT2D eigenvalue weighted by Gasteiger charge is 2.59. The Labute approximate surface area is 200 Å². The zero-order valence-electron chi connectivity index (χ0n) is 19.2. The summed E-state index contributed by atoms with van der Waals surface area (Å²) in [5, 5.41) is 4.66. The molecule has 2 amide bonds. The molecule has 5 fully saturated rings. The van der Waals surface area contributed by atoms with Gasteiger partial charge in [0.2, 0.25) is 5.88 Å². The number of urea groups is 1. The molecular formula is C24H27F3N6O2. The molecule has 2 aliphatic heterocycles. The van der Waals surface area contributed by atoms with Gasteiger partial charge < -0.3 is 14.5 Å². The van der Waals surface area contributed by atoms with Crippen LogP contribution in [0.2, 0.25) is 0 Å². The zero-order chi connectivity index (χ0) is 24.0. The summed E-state index contributed by atoms with van der Waals surface area (Å²) < 4.78 is 45.7. The Morgan fingerprint density at radius 3 is 2.20 bits per heavy atom. The van der Waals surface area contributed by atoms with Crippen LogP contribution in [0.25, 0.3) is 0 Å². The minimum absolute atomic E-state index is 0.0621. The van der Waals surface area contributed by atoms with E-state index in [0.717, 1.165) is 69.9 Å². The Hall–Kier alpha value is -2.85. The quantitative estimate of drug-likeness (QED) is 0.653. The Morgan fingerprint density at radius 1 is 0.971 bits per heavy atom. The fraction of sp³-hybridized carbons (Fsp3) is 0.667. The summed E-state index contributed by atoms with van der Waals surface area (Å²) in [6.45, 7) is 3.09. The number of rotatable bonds is 4. The summed E-state index contributed by atoms with van der Waals surface area (Å²) in [6, 6.07) is 2.78. The first-order valence-electron chi connectivity index (χ1n) is 12.3. The monoisotopic (exact) mass is 488 g/mol. The van der Waals surface area contributed by atoms with E-state index >= 15 is 0 Å². The van der Waals surface area contributed by atoms with Gasteiger partial charge in [0, 0.05) is 55.2 Å². The van der Waals surface area contributed by atoms with Gasteiger partial charge in [-0.2, -0.15) is 18.3 Å². The molecule has 0 N–H and O–H groups in total. The lowest BCUT2D eigenvalue weighted by atomic mass is 9.60. The molecule has 2 aromatic rings. The van der Waals surface area contributed by atoms with Crippen molar-refractivity contribution in [3.63, 3.8) is 0 Å². The molecule has 186 valence electrons. The van der Waals surface area contributed by atoms with Crippen LogP contribution in [-0.2, 0) is 6.18 Å². The second-order valence-electron chi connectivity index (χ2n) is 11.4. The SMILES string of the molecule is O=C(N1CC2(CC(Oc3ccc(C(F)(F)F)cn3)C2)C1)N1CC2(CC(n3cnc(C4CC4)n3)C2)C1. The van der Waals surface area contributed by atoms with Crippen molar-refractivity contribution in [2.75, 3.05) is 26.2 Å². The molecule has 2 saturated heterocycles. The molecule has 0 aromatic carbocycles. The van der Waals surface area contributed by atoms with Crippen molar-refractivity contribution in [1.82, 2.24) is 29.5 Å². The molecule has 0 unspecified atom stereocenters. The Balaban J connectivity index is 0.840. The first-order valence-corrected chi connectivity index (χ1v) is 12.3. The number of halogens is 3. The number of pyridine rings is 1. The highest BCUT2D eigenvalue weighted by Crippen LogP contribution is 2.55. The van der Waals surface area contributed by atoms with Gasteiger partial charge in [-0.15, -0.1) is 0 Å². The standard InChI is InChI=1S/C24H27F3N6O2/c25-24(26,27)16-3-4-19(28-9-16)35-18-7-23(8-18)12-32(13-23)21(34)31-10-22(11-31)5-17(6-22)33-14-29-20(30-33)15-1-2-15/h3-4,9,14-15,17-18H,1-2,5-8,10-13H2. The van der Waals surface area contributed by atoms with Gasteiger partial charge in [-0.1, -0.05) is 0 Å². The summed E-state index contributed by atoms with van der Waals surface area (Å²) in [7, 11) is 0. The highest BCUT2D eigenvalue weighted by atomic mass is 19.4. The number of hydrogen-bond donors (Lipinski definition) is 0. The third-order valence-electron chi connectivity index (χ3n) is 8.50. The largest absolute Gasteiger partial charge is 0.474 e. The van der Waals surface area contributed by atoms with E-state index in [9.17, 15) is 18.0 Å². The third kappa shape index (κ3) is 3.65. The second-order valence-corrected chi connectivity index (χ2v) is 11.4. The van der Waals surface area contributed by atoms with Crippen molar-refractivity contribution >= 4 is 6.03 Å². The summed E-state index contributed by atoms with van der Waals surface area (Å²) in [5.74, 6) is 1.77. The Bertz CT molecular complexity index is 1130. The molecule has 11 heteroatoms. The van der Waals surface area contributed by atoms with E-state index in [4.69, 9.17) is 4.74 Å². The number of amides is 2. The zero-order valence-corrected chi connectivity index (χ0v) is 19.2. The van der Waals surface area contributed by atoms with Gasteiger partial charge >= 0.3 is 12.2 Å². The molecular weight excluding hydrogens is 461 g/mol. The topological polar surface area (TPSA) is 76.4 Å². The van der Waals surface area contributed by atoms with Crippen LogP contribution in [0.5, 0.6) is 5.88 Å². The number of hydrogen-bond acceptors (Lipinski definition) is 5. The fourth-order valence-electron chi connectivity index (χ4n) is 6.41. The van der Waals surface area contributed by atoms with Crippen LogP contribution >= 0.6 is 0 Å². The van der Waals surface area contributed by atoms with Gasteiger partial charge in [0.15, 0.2) is 5.82 Å². The number of carbonyl (C=O) groups is 1. The number of carbonyl (C=O) groups excluding carboxylic acids is 1. The Morgan fingerprint density at radius 2 is 1.63 bits per heavy atom. The minimum atomic E-state index is -4.40. The van der Waals surface area contributed by atoms with Crippen LogP contribution in [-0.4, -0.2) is 67.9 Å². The fourth-order valence-corrected chi connectivity index (χ4v) is 6.41. The van der Waals surface area contributed by atoms with Gasteiger partial charge in [-0.25, -0.2) is 19.4 Å². The van der Waals surface area contributed by atoms with E-state index < -0.39 is 11.7 Å². The van der Waals surface area contributed by atoms with Crippen LogP contribution in [0.1, 0.15) is 61.9 Å². The summed E-state index contributed by atoms with van der Waals surface area (Å²) in [6.07, 6.45) is 4.34. The number of ether oxygens (including phenoxy) is 1. The maximum atomic E-state index is 12.9. The molecule has 5 aliphatic rings. The molecule has 4 heterocycles. The van der Waals surface area contributed by atoms with Crippen LogP contribution < -0.4 is 4.74 Å². The molecule has 8 nitrogen and oxygen atoms in total. The van der Waals surface area contributed by atoms with Crippen molar-refractivity contribution in [3.8, 4) is 5.88 Å². The lowest BCUT2D eigenvalue weighted by Gasteiger charge is -2.62. The summed E-state index contributed by atoms with van der Waals surface area (Å²) >= 11 is 0. The molecule has 2 aromatic heterocycles. The predicted molar refractivity (Wildman–Crippen MR) is 117 cm³/mol. The van der Waals surface area contributed by atoms with Gasteiger partial charge in [-0.05, 0) is 44.6 Å². The number of alkyl halides is 3. The first kappa shape index (κ1) is 21.4. The van der Waals surface area contributed by atoms with E-state index in [1.807, 2.05) is 20.8 Å². The van der Waals surface area contributed by atoms with Gasteiger partial charge in [0.05, 0.1) is 11.6 Å². The predicted octanol–water partition coefficient (Wildman–Crippen LogP) is 3.87. The van der Waals surface area contributed by atoms with E-state index in [1.165, 1.54) is 18.9 Å². The van der Waals surface area contributed by atoms with Crippen LogP contribution in [0, 0.1) is 10.8 Å². The van der Waals surface area contributed by atoms with Gasteiger partial charge in [0.25, 0.3) is 0 Å². The van der Waals surface area contributed by atoms with Crippen LogP contribution in [0.3, 0.4) is 0 Å². The van der Waals surface area contributed by atoms with Gasteiger partial charge in [-0.3, -0.25) is 0 Å². The average molecular weight is 489 g/mol. The minimum Gasteiger partial charge on any atom is -0.474 e. The van der Waals surface area contributed by atoms with Crippen LogP contribution in [0.15, 0.2) is 24.7 Å². The normalized spacial score (nSPS) is 25.1. The third-order valence-corrected chi connectivity index (χ3v) is 8.50. The van der Waals surface area contributed by atoms with Crippen molar-refractivity contribution in [2.45, 2.75) is 62.8 Å². The molecule has 3 aliphatic carbocycles.